The average Bonchev–Trinajstić information content (AvgIpc) is 2.89. The molecule has 2 aromatic heterocycles. The van der Waals surface area contributed by atoms with Gasteiger partial charge in [-0.2, -0.15) is 14.8 Å². The molecule has 1 aliphatic rings. The van der Waals surface area contributed by atoms with Gasteiger partial charge in [0.15, 0.2) is 0 Å². The molecule has 5 heteroatoms. The van der Waals surface area contributed by atoms with Crippen LogP contribution in [0.15, 0.2) is 36.5 Å². The van der Waals surface area contributed by atoms with Gasteiger partial charge in [0.2, 0.25) is 5.95 Å². The van der Waals surface area contributed by atoms with Gasteiger partial charge in [0.25, 0.3) is 0 Å². The summed E-state index contributed by atoms with van der Waals surface area (Å²) in [5, 5.41) is 14.9. The van der Waals surface area contributed by atoms with Crippen LogP contribution < -0.4 is 0 Å². The molecule has 3 aromatic rings. The fourth-order valence-corrected chi connectivity index (χ4v) is 3.25. The van der Waals surface area contributed by atoms with Gasteiger partial charge in [-0.1, -0.05) is 12.1 Å². The van der Waals surface area contributed by atoms with Crippen molar-refractivity contribution in [1.82, 2.24) is 14.8 Å². The van der Waals surface area contributed by atoms with E-state index >= 15 is 0 Å². The highest BCUT2D eigenvalue weighted by molar-refractivity contribution is 5.81. The van der Waals surface area contributed by atoms with Crippen LogP contribution in [0.1, 0.15) is 30.5 Å². The lowest BCUT2D eigenvalue weighted by atomic mass is 9.65. The Kier molecular flexibility index (Phi) is 2.95. The van der Waals surface area contributed by atoms with Crippen LogP contribution in [0.25, 0.3) is 16.6 Å². The maximum atomic E-state index is 13.6. The van der Waals surface area contributed by atoms with E-state index in [9.17, 15) is 9.65 Å². The zero-order valence-electron chi connectivity index (χ0n) is 12.8. The van der Waals surface area contributed by atoms with Crippen molar-refractivity contribution in [1.29, 1.82) is 5.26 Å². The monoisotopic (exact) mass is 306 g/mol. The predicted octanol–water partition coefficient (Wildman–Crippen LogP) is 3.81. The van der Waals surface area contributed by atoms with Crippen LogP contribution in [-0.4, -0.2) is 14.8 Å². The van der Waals surface area contributed by atoms with Gasteiger partial charge in [-0.15, -0.1) is 0 Å². The second kappa shape index (κ2) is 4.88. The molecule has 1 aliphatic carbocycles. The number of aromatic nitrogens is 3. The minimum Gasteiger partial charge on any atom is -0.233 e. The first-order chi connectivity index (χ1) is 11.1. The van der Waals surface area contributed by atoms with Crippen LogP contribution in [0.5, 0.6) is 0 Å². The Morgan fingerprint density at radius 3 is 2.74 bits per heavy atom. The highest BCUT2D eigenvalue weighted by atomic mass is 19.1. The van der Waals surface area contributed by atoms with E-state index in [-0.39, 0.29) is 5.41 Å². The third kappa shape index (κ3) is 2.10. The van der Waals surface area contributed by atoms with Crippen LogP contribution >= 0.6 is 0 Å². The van der Waals surface area contributed by atoms with Crippen molar-refractivity contribution < 1.29 is 4.39 Å². The maximum Gasteiger partial charge on any atom is 0.215 e. The number of pyridine rings is 1. The molecule has 1 saturated carbocycles. The van der Waals surface area contributed by atoms with E-state index in [2.05, 4.69) is 16.2 Å². The molecule has 114 valence electrons. The Bertz CT molecular complexity index is 927. The smallest absolute Gasteiger partial charge is 0.215 e. The minimum atomic E-state index is -0.521. The number of nitriles is 1. The number of hydrogen-bond acceptors (Lipinski definition) is 3. The predicted molar refractivity (Wildman–Crippen MR) is 84.7 cm³/mol. The average molecular weight is 306 g/mol. The van der Waals surface area contributed by atoms with E-state index in [1.807, 2.05) is 18.2 Å². The van der Waals surface area contributed by atoms with E-state index in [4.69, 9.17) is 0 Å². The van der Waals surface area contributed by atoms with E-state index in [0.29, 0.717) is 11.4 Å². The van der Waals surface area contributed by atoms with Gasteiger partial charge in [0, 0.05) is 17.1 Å². The van der Waals surface area contributed by atoms with Crippen LogP contribution in [0.2, 0.25) is 0 Å². The first-order valence-corrected chi connectivity index (χ1v) is 7.65. The van der Waals surface area contributed by atoms with Crippen LogP contribution in [0.4, 0.5) is 4.39 Å². The summed E-state index contributed by atoms with van der Waals surface area (Å²) in [7, 11) is 0. The van der Waals surface area contributed by atoms with E-state index < -0.39 is 5.95 Å². The first kappa shape index (κ1) is 13.9. The first-order valence-electron chi connectivity index (χ1n) is 7.65. The van der Waals surface area contributed by atoms with Crippen LogP contribution in [0, 0.1) is 24.2 Å². The quantitative estimate of drug-likeness (QED) is 0.676. The number of rotatable bonds is 2. The molecule has 0 unspecified atom stereocenters. The molecule has 0 amide bonds. The van der Waals surface area contributed by atoms with Crippen LogP contribution in [-0.2, 0) is 5.41 Å². The zero-order chi connectivity index (χ0) is 16.0. The number of benzene rings is 1. The van der Waals surface area contributed by atoms with Gasteiger partial charge in [-0.3, -0.25) is 0 Å². The van der Waals surface area contributed by atoms with Crippen molar-refractivity contribution in [2.45, 2.75) is 31.6 Å². The molecule has 4 rings (SSSR count). The Balaban J connectivity index is 1.90. The summed E-state index contributed by atoms with van der Waals surface area (Å²) in [5.41, 5.74) is 2.78. The van der Waals surface area contributed by atoms with Crippen molar-refractivity contribution in [2.75, 3.05) is 0 Å². The summed E-state index contributed by atoms with van der Waals surface area (Å²) in [4.78, 5) is 3.77. The topological polar surface area (TPSA) is 54.5 Å². The Morgan fingerprint density at radius 1 is 1.26 bits per heavy atom. The highest BCUT2D eigenvalue weighted by Gasteiger charge is 2.39. The van der Waals surface area contributed by atoms with Gasteiger partial charge >= 0.3 is 0 Å². The van der Waals surface area contributed by atoms with Gasteiger partial charge in [0.05, 0.1) is 28.9 Å². The fraction of sp³-hybridized carbons (Fsp3) is 0.278. The van der Waals surface area contributed by atoms with Crippen molar-refractivity contribution >= 4 is 10.9 Å². The molecule has 1 aromatic carbocycles. The van der Waals surface area contributed by atoms with E-state index in [1.54, 1.807) is 23.9 Å². The summed E-state index contributed by atoms with van der Waals surface area (Å²) >= 11 is 0. The Labute approximate surface area is 133 Å². The summed E-state index contributed by atoms with van der Waals surface area (Å²) in [6.45, 7) is 1.75. The molecule has 0 atom stereocenters. The normalized spacial score (nSPS) is 16.0. The number of nitrogens with zero attached hydrogens (tertiary/aromatic N) is 4. The molecular weight excluding hydrogens is 291 g/mol. The van der Waals surface area contributed by atoms with Crippen LogP contribution in [0.3, 0.4) is 0 Å². The lowest BCUT2D eigenvalue weighted by molar-refractivity contribution is 0.324. The lowest BCUT2D eigenvalue weighted by Crippen LogP contribution is -2.32. The van der Waals surface area contributed by atoms with E-state index in [0.717, 1.165) is 35.7 Å². The summed E-state index contributed by atoms with van der Waals surface area (Å²) in [5.74, 6) is -0.521. The largest absolute Gasteiger partial charge is 0.233 e. The molecular formula is C18H15FN4. The summed E-state index contributed by atoms with van der Waals surface area (Å²) in [6.07, 6.45) is 4.63. The standard InChI is InChI=1S/C18H15FN4/c1-12-7-15(9-17(19)22-12)23-16-8-14(4-3-13(16)10-21-23)18(11-20)5-2-6-18/h3-4,7-10H,2,5-6H2,1H3. The Morgan fingerprint density at radius 2 is 2.09 bits per heavy atom. The van der Waals surface area contributed by atoms with Crippen molar-refractivity contribution in [3.05, 3.63) is 53.7 Å². The van der Waals surface area contributed by atoms with Crippen molar-refractivity contribution in [2.24, 2.45) is 0 Å². The molecule has 1 fully saturated rings. The second-order valence-electron chi connectivity index (χ2n) is 6.17. The third-order valence-corrected chi connectivity index (χ3v) is 4.70. The second-order valence-corrected chi connectivity index (χ2v) is 6.17. The lowest BCUT2D eigenvalue weighted by Gasteiger charge is -2.35. The molecule has 0 radical (unpaired) electrons. The highest BCUT2D eigenvalue weighted by Crippen LogP contribution is 2.43. The van der Waals surface area contributed by atoms with Gasteiger partial charge in [-0.05, 0) is 43.9 Å². The molecule has 2 heterocycles. The SMILES string of the molecule is Cc1cc(-n2ncc3ccc(C4(C#N)CCC4)cc32)cc(F)n1. The molecule has 0 saturated heterocycles. The Hall–Kier alpha value is -2.74. The van der Waals surface area contributed by atoms with Gasteiger partial charge in [0.1, 0.15) is 0 Å². The summed E-state index contributed by atoms with van der Waals surface area (Å²) in [6, 6.07) is 11.6. The van der Waals surface area contributed by atoms with E-state index in [1.165, 1.54) is 6.07 Å². The molecule has 0 spiro atoms. The molecule has 0 bridgehead atoms. The molecule has 23 heavy (non-hydrogen) atoms. The van der Waals surface area contributed by atoms with Crippen molar-refractivity contribution in [3.63, 3.8) is 0 Å². The number of halogens is 1. The molecule has 0 N–H and O–H groups in total. The fourth-order valence-electron chi connectivity index (χ4n) is 3.25. The molecule has 0 aliphatic heterocycles. The minimum absolute atomic E-state index is 0.372. The maximum absolute atomic E-state index is 13.6. The number of fused-ring (bicyclic) bond motifs is 1. The summed E-state index contributed by atoms with van der Waals surface area (Å²) < 4.78 is 15.3. The number of aryl methyl sites for hydroxylation is 1. The molecule has 4 nitrogen and oxygen atoms in total. The number of hydrogen-bond donors (Lipinski definition) is 0. The van der Waals surface area contributed by atoms with Gasteiger partial charge in [-0.25, -0.2) is 9.67 Å². The zero-order valence-corrected chi connectivity index (χ0v) is 12.8. The van der Waals surface area contributed by atoms with Crippen molar-refractivity contribution in [3.8, 4) is 11.8 Å². The third-order valence-electron chi connectivity index (χ3n) is 4.70. The van der Waals surface area contributed by atoms with Gasteiger partial charge < -0.3 is 0 Å².